The summed E-state index contributed by atoms with van der Waals surface area (Å²) in [6, 6.07) is 2.09. The first-order valence-electron chi connectivity index (χ1n) is 4.80. The number of hydrogen-bond acceptors (Lipinski definition) is 3. The van der Waals surface area contributed by atoms with Crippen molar-refractivity contribution < 1.29 is 0 Å². The second-order valence-corrected chi connectivity index (χ2v) is 4.24. The second kappa shape index (κ2) is 6.11. The molecule has 0 saturated heterocycles. The number of unbranched alkanes of at least 4 members (excludes halogenated alkanes) is 1. The molecule has 4 heteroatoms. The molecule has 78 valence electrons. The number of nitrogens with zero attached hydrogens (tertiary/aromatic N) is 1. The molecule has 1 aromatic rings. The molecule has 0 spiro atoms. The van der Waals surface area contributed by atoms with Crippen LogP contribution in [0.25, 0.3) is 0 Å². The molecule has 0 aliphatic rings. The van der Waals surface area contributed by atoms with Crippen LogP contribution < -0.4 is 11.5 Å². The number of nitrogens with two attached hydrogens (primary N) is 2. The highest BCUT2D eigenvalue weighted by Gasteiger charge is 2.05. The zero-order chi connectivity index (χ0) is 10.4. The van der Waals surface area contributed by atoms with E-state index in [9.17, 15) is 0 Å². The summed E-state index contributed by atoms with van der Waals surface area (Å²) in [7, 11) is 0. The fraction of sp³-hybridized carbons (Fsp3) is 0.500. The minimum Gasteiger partial charge on any atom is -0.330 e. The van der Waals surface area contributed by atoms with Crippen molar-refractivity contribution in [1.82, 2.24) is 4.98 Å². The van der Waals surface area contributed by atoms with Gasteiger partial charge in [-0.2, -0.15) is 0 Å². The molecule has 0 bridgehead atoms. The molecule has 14 heavy (non-hydrogen) atoms. The third-order valence-corrected chi connectivity index (χ3v) is 2.56. The first-order chi connectivity index (χ1) is 6.74. The van der Waals surface area contributed by atoms with E-state index in [0.29, 0.717) is 0 Å². The summed E-state index contributed by atoms with van der Waals surface area (Å²) in [5.74, 6) is 0. The Balaban J connectivity index is 2.47. The topological polar surface area (TPSA) is 64.9 Å². The molecule has 4 N–H and O–H groups in total. The predicted octanol–water partition coefficient (Wildman–Crippen LogP) is 1.97. The van der Waals surface area contributed by atoms with E-state index in [2.05, 4.69) is 20.9 Å². The molecule has 3 nitrogen and oxygen atoms in total. The molecule has 0 amide bonds. The van der Waals surface area contributed by atoms with Gasteiger partial charge in [-0.15, -0.1) is 0 Å². The van der Waals surface area contributed by atoms with Crippen LogP contribution in [0.3, 0.4) is 0 Å². The predicted molar refractivity (Wildman–Crippen MR) is 61.8 cm³/mol. The highest BCUT2D eigenvalue weighted by atomic mass is 79.9. The Morgan fingerprint density at radius 1 is 1.36 bits per heavy atom. The average molecular weight is 258 g/mol. The zero-order valence-electron chi connectivity index (χ0n) is 8.12. The summed E-state index contributed by atoms with van der Waals surface area (Å²) in [5, 5.41) is 0. The fourth-order valence-electron chi connectivity index (χ4n) is 1.31. The van der Waals surface area contributed by atoms with E-state index in [-0.39, 0.29) is 6.04 Å². The monoisotopic (exact) mass is 257 g/mol. The van der Waals surface area contributed by atoms with Crippen LogP contribution in [0.4, 0.5) is 0 Å². The molecule has 0 saturated carbocycles. The van der Waals surface area contributed by atoms with Crippen molar-refractivity contribution in [3.8, 4) is 0 Å². The summed E-state index contributed by atoms with van der Waals surface area (Å²) in [5.41, 5.74) is 12.5. The number of pyridine rings is 1. The Bertz CT molecular complexity index is 278. The third kappa shape index (κ3) is 3.74. The van der Waals surface area contributed by atoms with Gasteiger partial charge in [0.15, 0.2) is 0 Å². The van der Waals surface area contributed by atoms with E-state index < -0.39 is 0 Å². The van der Waals surface area contributed by atoms with Crippen molar-refractivity contribution in [3.63, 3.8) is 0 Å². The second-order valence-electron chi connectivity index (χ2n) is 3.33. The standard InChI is InChI=1S/C10H16BrN3/c11-9-5-8(6-14-7-9)10(13)3-1-2-4-12/h5-7,10H,1-4,12-13H2/t10-/m0/s1. The lowest BCUT2D eigenvalue weighted by Gasteiger charge is -2.11. The van der Waals surface area contributed by atoms with Gasteiger partial charge in [0.25, 0.3) is 0 Å². The summed E-state index contributed by atoms with van der Waals surface area (Å²) in [6.07, 6.45) is 6.66. The number of aromatic nitrogens is 1. The van der Waals surface area contributed by atoms with Crippen molar-refractivity contribution in [3.05, 3.63) is 28.5 Å². The van der Waals surface area contributed by atoms with Crippen molar-refractivity contribution in [2.75, 3.05) is 6.54 Å². The Morgan fingerprint density at radius 2 is 2.14 bits per heavy atom. The van der Waals surface area contributed by atoms with E-state index in [1.807, 2.05) is 12.3 Å². The molecular weight excluding hydrogens is 242 g/mol. The van der Waals surface area contributed by atoms with Gasteiger partial charge in [0.05, 0.1) is 0 Å². The molecule has 0 radical (unpaired) electrons. The molecule has 1 heterocycles. The normalized spacial score (nSPS) is 12.8. The van der Waals surface area contributed by atoms with Crippen molar-refractivity contribution >= 4 is 15.9 Å². The smallest absolute Gasteiger partial charge is 0.0410 e. The Hall–Kier alpha value is -0.450. The maximum absolute atomic E-state index is 6.00. The van der Waals surface area contributed by atoms with Crippen LogP contribution in [0.1, 0.15) is 30.9 Å². The van der Waals surface area contributed by atoms with Gasteiger partial charge in [0.1, 0.15) is 0 Å². The van der Waals surface area contributed by atoms with Crippen LogP contribution >= 0.6 is 15.9 Å². The molecule has 0 aromatic carbocycles. The lowest BCUT2D eigenvalue weighted by atomic mass is 10.0. The summed E-state index contributed by atoms with van der Waals surface area (Å²) in [6.45, 7) is 0.740. The van der Waals surface area contributed by atoms with Crippen LogP contribution in [0.5, 0.6) is 0 Å². The number of rotatable bonds is 5. The largest absolute Gasteiger partial charge is 0.330 e. The average Bonchev–Trinajstić information content (AvgIpc) is 2.18. The van der Waals surface area contributed by atoms with Gasteiger partial charge in [-0.1, -0.05) is 6.42 Å². The van der Waals surface area contributed by atoms with Crippen LogP contribution in [0, 0.1) is 0 Å². The fourth-order valence-corrected chi connectivity index (χ4v) is 1.69. The molecular formula is C10H16BrN3. The Morgan fingerprint density at radius 3 is 2.79 bits per heavy atom. The third-order valence-electron chi connectivity index (χ3n) is 2.12. The van der Waals surface area contributed by atoms with Crippen molar-refractivity contribution in [2.24, 2.45) is 11.5 Å². The van der Waals surface area contributed by atoms with Gasteiger partial charge in [-0.25, -0.2) is 0 Å². The van der Waals surface area contributed by atoms with E-state index in [1.165, 1.54) is 0 Å². The zero-order valence-corrected chi connectivity index (χ0v) is 9.70. The van der Waals surface area contributed by atoms with E-state index in [4.69, 9.17) is 11.5 Å². The molecule has 1 aromatic heterocycles. The maximum Gasteiger partial charge on any atom is 0.0410 e. The maximum atomic E-state index is 6.00. The summed E-state index contributed by atoms with van der Waals surface area (Å²) in [4.78, 5) is 4.08. The minimum absolute atomic E-state index is 0.0755. The van der Waals surface area contributed by atoms with Crippen LogP contribution in [0.2, 0.25) is 0 Å². The summed E-state index contributed by atoms with van der Waals surface area (Å²) >= 11 is 3.37. The molecule has 0 unspecified atom stereocenters. The van der Waals surface area contributed by atoms with Gasteiger partial charge in [0, 0.05) is 22.9 Å². The van der Waals surface area contributed by atoms with Gasteiger partial charge in [-0.05, 0) is 46.9 Å². The van der Waals surface area contributed by atoms with Crippen LogP contribution in [0.15, 0.2) is 22.9 Å². The lowest BCUT2D eigenvalue weighted by molar-refractivity contribution is 0.589. The van der Waals surface area contributed by atoms with E-state index >= 15 is 0 Å². The summed E-state index contributed by atoms with van der Waals surface area (Å²) < 4.78 is 0.976. The number of halogens is 1. The SMILES string of the molecule is NCCCC[C@H](N)c1cncc(Br)c1. The molecule has 0 fully saturated rings. The van der Waals surface area contributed by atoms with Crippen molar-refractivity contribution in [2.45, 2.75) is 25.3 Å². The lowest BCUT2D eigenvalue weighted by Crippen LogP contribution is -2.11. The van der Waals surface area contributed by atoms with E-state index in [1.54, 1.807) is 6.20 Å². The van der Waals surface area contributed by atoms with Gasteiger partial charge < -0.3 is 11.5 Å². The Kier molecular flexibility index (Phi) is 5.07. The first-order valence-corrected chi connectivity index (χ1v) is 5.59. The minimum atomic E-state index is 0.0755. The molecule has 0 aliphatic heterocycles. The van der Waals surface area contributed by atoms with Crippen LogP contribution in [-0.4, -0.2) is 11.5 Å². The number of hydrogen-bond donors (Lipinski definition) is 2. The Labute approximate surface area is 93.0 Å². The van der Waals surface area contributed by atoms with Gasteiger partial charge >= 0.3 is 0 Å². The van der Waals surface area contributed by atoms with Crippen molar-refractivity contribution in [1.29, 1.82) is 0 Å². The molecule has 0 aliphatic carbocycles. The van der Waals surface area contributed by atoms with Gasteiger partial charge in [-0.3, -0.25) is 4.98 Å². The molecule has 1 atom stereocenters. The molecule has 1 rings (SSSR count). The van der Waals surface area contributed by atoms with Gasteiger partial charge in [0.2, 0.25) is 0 Å². The first kappa shape index (κ1) is 11.6. The quantitative estimate of drug-likeness (QED) is 0.793. The highest BCUT2D eigenvalue weighted by Crippen LogP contribution is 2.18. The highest BCUT2D eigenvalue weighted by molar-refractivity contribution is 9.10. The van der Waals surface area contributed by atoms with Crippen LogP contribution in [-0.2, 0) is 0 Å². The van der Waals surface area contributed by atoms with E-state index in [0.717, 1.165) is 35.8 Å².